The van der Waals surface area contributed by atoms with Crippen LogP contribution in [0.5, 0.6) is 11.5 Å². The maximum atomic E-state index is 13.8. The molecule has 0 saturated carbocycles. The topological polar surface area (TPSA) is 283 Å². The van der Waals surface area contributed by atoms with E-state index in [0.29, 0.717) is 30.1 Å². The number of alkyl carbamates (subject to hydrolysis) is 1. The van der Waals surface area contributed by atoms with Crippen LogP contribution in [0.4, 0.5) is 4.79 Å². The molecule has 332 valence electrons. The van der Waals surface area contributed by atoms with Crippen molar-refractivity contribution in [3.05, 3.63) is 54.1 Å². The largest absolute Gasteiger partial charge is 0.497 e. The molecular formula is C37H55N2O18PS. The number of amides is 1. The minimum Gasteiger partial charge on any atom is -0.497 e. The van der Waals surface area contributed by atoms with Gasteiger partial charge in [0.25, 0.3) is 0 Å². The first kappa shape index (κ1) is 49.5. The van der Waals surface area contributed by atoms with Crippen LogP contribution in [0.1, 0.15) is 39.7 Å². The zero-order valence-electron chi connectivity index (χ0n) is 33.4. The quantitative estimate of drug-likeness (QED) is 0.0925. The Morgan fingerprint density at radius 2 is 1.47 bits per heavy atom. The van der Waals surface area contributed by atoms with E-state index in [0.717, 1.165) is 0 Å². The summed E-state index contributed by atoms with van der Waals surface area (Å²) in [6, 6.07) is 11.9. The molecular weight excluding hydrogens is 823 g/mol. The number of sulfonamides is 1. The fraction of sp³-hybridized carbons (Fsp3) is 0.595. The van der Waals surface area contributed by atoms with E-state index >= 15 is 0 Å². The van der Waals surface area contributed by atoms with Crippen molar-refractivity contribution in [2.24, 2.45) is 11.8 Å². The summed E-state index contributed by atoms with van der Waals surface area (Å²) in [6.07, 6.45) is -7.00. The number of aliphatic hydroxyl groups excluding tert-OH is 3. The molecule has 4 rings (SSSR count). The summed E-state index contributed by atoms with van der Waals surface area (Å²) >= 11 is 0. The molecule has 0 aliphatic carbocycles. The molecule has 0 bridgehead atoms. The number of aliphatic hydroxyl groups is 3. The first-order chi connectivity index (χ1) is 27.8. The van der Waals surface area contributed by atoms with E-state index in [4.69, 9.17) is 53.2 Å². The van der Waals surface area contributed by atoms with E-state index in [1.54, 1.807) is 50.2 Å². The van der Waals surface area contributed by atoms with Crippen LogP contribution in [0, 0.1) is 11.8 Å². The Balaban J connectivity index is 0.000000821. The van der Waals surface area contributed by atoms with Crippen molar-refractivity contribution in [3.63, 3.8) is 0 Å². The molecule has 20 nitrogen and oxygen atoms in total. The third-order valence-corrected chi connectivity index (χ3v) is 12.5. The van der Waals surface area contributed by atoms with E-state index in [-0.39, 0.29) is 62.4 Å². The van der Waals surface area contributed by atoms with Crippen molar-refractivity contribution in [2.45, 2.75) is 82.2 Å². The summed E-state index contributed by atoms with van der Waals surface area (Å²) in [5.41, 5.74) is 0.705. The van der Waals surface area contributed by atoms with Crippen molar-refractivity contribution >= 4 is 35.7 Å². The number of hydrogen-bond donors (Lipinski definition) is 6. The van der Waals surface area contributed by atoms with Gasteiger partial charge in [-0.15, -0.1) is 0 Å². The summed E-state index contributed by atoms with van der Waals surface area (Å²) in [5.74, 6) is -2.76. The number of ether oxygens (including phenoxy) is 5. The van der Waals surface area contributed by atoms with Crippen molar-refractivity contribution in [3.8, 4) is 11.5 Å². The van der Waals surface area contributed by atoms with Gasteiger partial charge in [0.05, 0.1) is 56.5 Å². The number of fused-ring (bicyclic) bond motifs is 1. The number of hydrogen-bond acceptors (Lipinski definition) is 16. The molecule has 2 aliphatic heterocycles. The fourth-order valence-electron chi connectivity index (χ4n) is 5.97. The predicted octanol–water partition coefficient (Wildman–Crippen LogP) is 2.28. The molecule has 22 heteroatoms. The first-order valence-electron chi connectivity index (χ1n) is 18.8. The highest BCUT2D eigenvalue weighted by atomic mass is 32.2. The second-order valence-electron chi connectivity index (χ2n) is 13.8. The zero-order chi connectivity index (χ0) is 43.9. The van der Waals surface area contributed by atoms with Gasteiger partial charge in [-0.25, -0.2) is 22.8 Å². The van der Waals surface area contributed by atoms with Gasteiger partial charge in [-0.05, 0) is 74.6 Å². The molecule has 59 heavy (non-hydrogen) atoms. The van der Waals surface area contributed by atoms with Gasteiger partial charge in [-0.3, -0.25) is 4.57 Å². The molecule has 0 aromatic heterocycles. The molecule has 7 atom stereocenters. The Hall–Kier alpha value is -3.89. The maximum Gasteiger partial charge on any atom is 0.407 e. The van der Waals surface area contributed by atoms with E-state index in [9.17, 15) is 32.5 Å². The Bertz CT molecular complexity index is 1770. The fourth-order valence-corrected chi connectivity index (χ4v) is 8.91. The second kappa shape index (κ2) is 23.2. The average Bonchev–Trinajstić information content (AvgIpc) is 3.82. The molecule has 1 amide bonds. The van der Waals surface area contributed by atoms with Gasteiger partial charge < -0.3 is 63.6 Å². The molecule has 0 spiro atoms. The molecule has 2 aliphatic rings. The number of rotatable bonds is 22. The number of benzene rings is 2. The van der Waals surface area contributed by atoms with Crippen LogP contribution in [0.25, 0.3) is 0 Å². The Morgan fingerprint density at radius 1 is 0.898 bits per heavy atom. The summed E-state index contributed by atoms with van der Waals surface area (Å²) < 4.78 is 79.8. The number of carboxylic acids is 2. The number of carbonyl (C=O) groups excluding carboxylic acids is 1. The Labute approximate surface area is 342 Å². The van der Waals surface area contributed by atoms with E-state index in [2.05, 4.69) is 5.32 Å². The van der Waals surface area contributed by atoms with Crippen LogP contribution >= 0.6 is 7.60 Å². The number of carboxylic acid groups (broad SMARTS) is 2. The molecule has 2 heterocycles. The number of methoxy groups -OCH3 is 1. The molecule has 2 aromatic carbocycles. The third-order valence-electron chi connectivity index (χ3n) is 8.89. The van der Waals surface area contributed by atoms with Crippen molar-refractivity contribution < 1.29 is 85.6 Å². The lowest BCUT2D eigenvalue weighted by molar-refractivity contribution is -0.165. The van der Waals surface area contributed by atoms with Crippen LogP contribution < -0.4 is 14.8 Å². The molecule has 6 N–H and O–H groups in total. The van der Waals surface area contributed by atoms with Gasteiger partial charge in [0.15, 0.2) is 24.8 Å². The Morgan fingerprint density at radius 3 is 2.00 bits per heavy atom. The van der Waals surface area contributed by atoms with Gasteiger partial charge in [-0.2, -0.15) is 4.31 Å². The van der Waals surface area contributed by atoms with Crippen LogP contribution in [-0.2, 0) is 53.9 Å². The van der Waals surface area contributed by atoms with Gasteiger partial charge in [-0.1, -0.05) is 26.0 Å². The van der Waals surface area contributed by atoms with Gasteiger partial charge in [0.1, 0.15) is 17.6 Å². The average molecular weight is 879 g/mol. The summed E-state index contributed by atoms with van der Waals surface area (Å²) in [5, 5.41) is 46.9. The van der Waals surface area contributed by atoms with Crippen LogP contribution in [0.3, 0.4) is 0 Å². The lowest BCUT2D eigenvalue weighted by atomic mass is 10.0. The highest BCUT2D eigenvalue weighted by molar-refractivity contribution is 7.89. The van der Waals surface area contributed by atoms with E-state index in [1.807, 2.05) is 13.8 Å². The second-order valence-corrected chi connectivity index (χ2v) is 17.7. The van der Waals surface area contributed by atoms with Gasteiger partial charge in [0.2, 0.25) is 10.0 Å². The maximum absolute atomic E-state index is 13.8. The number of nitrogens with zero attached hydrogens (tertiary/aromatic N) is 1. The molecule has 0 radical (unpaired) electrons. The molecule has 2 saturated heterocycles. The third kappa shape index (κ3) is 15.0. The van der Waals surface area contributed by atoms with Crippen molar-refractivity contribution in [2.75, 3.05) is 53.0 Å². The minimum atomic E-state index is -4.03. The number of nitrogens with one attached hydrogen (secondary N) is 1. The summed E-state index contributed by atoms with van der Waals surface area (Å²) in [7, 11) is -5.96. The number of carbonyl (C=O) groups is 3. The lowest BCUT2D eigenvalue weighted by Gasteiger charge is -2.31. The highest BCUT2D eigenvalue weighted by Gasteiger charge is 2.44. The van der Waals surface area contributed by atoms with Gasteiger partial charge >= 0.3 is 25.6 Å². The smallest absolute Gasteiger partial charge is 0.407 e. The monoisotopic (exact) mass is 878 g/mol. The highest BCUT2D eigenvalue weighted by Crippen LogP contribution is 2.48. The minimum absolute atomic E-state index is 0.0495. The molecule has 1 unspecified atom stereocenters. The van der Waals surface area contributed by atoms with E-state index < -0.39 is 72.4 Å². The van der Waals surface area contributed by atoms with Gasteiger partial charge in [0, 0.05) is 13.1 Å². The van der Waals surface area contributed by atoms with Crippen molar-refractivity contribution in [1.82, 2.24) is 9.62 Å². The Kier molecular flexibility index (Phi) is 19.5. The summed E-state index contributed by atoms with van der Waals surface area (Å²) in [6.45, 7) is 8.14. The van der Waals surface area contributed by atoms with Crippen LogP contribution in [0.15, 0.2) is 53.4 Å². The predicted molar refractivity (Wildman–Crippen MR) is 207 cm³/mol. The van der Waals surface area contributed by atoms with Crippen LogP contribution in [0.2, 0.25) is 0 Å². The van der Waals surface area contributed by atoms with Crippen LogP contribution in [-0.4, -0.2) is 146 Å². The van der Waals surface area contributed by atoms with E-state index in [1.165, 1.54) is 23.5 Å². The standard InChI is InChI=1S/C33H49N2O12PS.C4H6O6/c1-6-45-48(38,46-7-2)22-44-26-10-8-24(9-11-26)18-29(34-33(37)47-31-21-43-32-28(31)16-17-42-32)30(36)20-35(19-23(3)4)49(39,40)27-14-12-25(41-5)13-15-27;5-1(3(7)8)2(6)4(9)10/h8-15,23,28-32,36H,6-7,16-22H2,1-5H3,(H,34,37);1-2,5-6H,(H,7,8)(H,9,10)/t28-,29-,30+,31?,32+;1-,2-/m00/s1. The number of aliphatic carboxylic acids is 2. The molecule has 2 aromatic rings. The summed E-state index contributed by atoms with van der Waals surface area (Å²) in [4.78, 5) is 32.8. The molecule has 2 fully saturated rings. The normalized spacial score (nSPS) is 19.8. The SMILES string of the molecule is CCOP(=O)(COc1ccc(C[C@H](NC(=O)OC2CO[C@H]3OCC[C@@H]23)[C@H](O)CN(CC(C)C)S(=O)(=O)c2ccc(OC)cc2)cc1)OCC.O=C(O)[C@@H](O)[C@H](O)C(=O)O. The zero-order valence-corrected chi connectivity index (χ0v) is 35.2. The lowest BCUT2D eigenvalue weighted by Crippen LogP contribution is -2.51. The van der Waals surface area contributed by atoms with Crippen molar-refractivity contribution in [1.29, 1.82) is 0 Å². The first-order valence-corrected chi connectivity index (χ1v) is 21.9.